The number of benzene rings is 3. The van der Waals surface area contributed by atoms with E-state index in [-0.39, 0.29) is 28.8 Å². The van der Waals surface area contributed by atoms with E-state index in [9.17, 15) is 9.59 Å². The van der Waals surface area contributed by atoms with Crippen molar-refractivity contribution in [3.63, 3.8) is 0 Å². The van der Waals surface area contributed by atoms with E-state index in [4.69, 9.17) is 4.74 Å². The van der Waals surface area contributed by atoms with Crippen LogP contribution < -0.4 is 31.9 Å². The maximum absolute atomic E-state index is 12.8. The number of carbonyl (C=O) groups is 2. The molecule has 1 aliphatic rings. The van der Waals surface area contributed by atoms with Crippen molar-refractivity contribution < 1.29 is 31.3 Å². The van der Waals surface area contributed by atoms with Crippen molar-refractivity contribution in [1.29, 1.82) is 0 Å². The van der Waals surface area contributed by atoms with Crippen molar-refractivity contribution in [2.45, 2.75) is 0 Å². The largest absolute Gasteiger partial charge is 1.00 e. The van der Waals surface area contributed by atoms with Gasteiger partial charge in [0.05, 0.1) is 29.6 Å². The normalized spacial score (nSPS) is 12.3. The zero-order valence-corrected chi connectivity index (χ0v) is 19.3. The molecule has 0 spiro atoms. The van der Waals surface area contributed by atoms with E-state index in [1.807, 2.05) is 47.8 Å². The van der Waals surface area contributed by atoms with Gasteiger partial charge in [-0.2, -0.15) is 0 Å². The number of anilines is 3. The Labute approximate surface area is 199 Å². The summed E-state index contributed by atoms with van der Waals surface area (Å²) in [4.78, 5) is 31.4. The monoisotopic (exact) mass is 506 g/mol. The molecule has 0 atom stereocenters. The molecular weight excluding hydrogens is 490 g/mol. The van der Waals surface area contributed by atoms with Crippen LogP contribution in [0.15, 0.2) is 78.2 Å². The van der Waals surface area contributed by atoms with Crippen LogP contribution >= 0.6 is 11.3 Å². The Hall–Kier alpha value is -3.49. The molecule has 6 nitrogen and oxygen atoms in total. The smallest absolute Gasteiger partial charge is 0.266 e. The van der Waals surface area contributed by atoms with Gasteiger partial charge in [-0.3, -0.25) is 9.59 Å². The quantitative estimate of drug-likeness (QED) is 0.420. The van der Waals surface area contributed by atoms with Crippen LogP contribution in [-0.2, 0) is 0 Å². The van der Waals surface area contributed by atoms with E-state index in [1.165, 1.54) is 16.2 Å². The van der Waals surface area contributed by atoms with Crippen LogP contribution in [0.1, 0.15) is 20.7 Å². The molecule has 1 aromatic heterocycles. The molecule has 5 rings (SSSR count). The van der Waals surface area contributed by atoms with Crippen LogP contribution in [0.4, 0.5) is 16.5 Å². The highest BCUT2D eigenvalue weighted by molar-refractivity contribution is 7.14. The molecule has 0 saturated heterocycles. The summed E-state index contributed by atoms with van der Waals surface area (Å²) in [6, 6.07) is 21.8. The molecule has 0 fully saturated rings. The maximum atomic E-state index is 12.8. The van der Waals surface area contributed by atoms with E-state index in [0.29, 0.717) is 16.8 Å². The van der Waals surface area contributed by atoms with Gasteiger partial charge in [-0.05, 0) is 36.4 Å². The van der Waals surface area contributed by atoms with Gasteiger partial charge in [0.25, 0.3) is 11.8 Å². The third-order valence-corrected chi connectivity index (χ3v) is 5.78. The highest BCUT2D eigenvalue weighted by Gasteiger charge is 2.36. The van der Waals surface area contributed by atoms with Crippen LogP contribution in [0.3, 0.4) is 0 Å². The Morgan fingerprint density at radius 1 is 0.906 bits per heavy atom. The van der Waals surface area contributed by atoms with Crippen LogP contribution in [-0.4, -0.2) is 23.9 Å². The lowest BCUT2D eigenvalue weighted by atomic mass is 10.1. The molecule has 0 aliphatic carbocycles. The zero-order chi connectivity index (χ0) is 21.4. The molecule has 0 bridgehead atoms. The van der Waals surface area contributed by atoms with Crippen LogP contribution in [0, 0.1) is 0 Å². The third-order valence-electron chi connectivity index (χ3n) is 5.02. The number of thiazole rings is 1. The number of hydrogen-bond donors (Lipinski definition) is 1. The number of methoxy groups -OCH3 is 1. The second kappa shape index (κ2) is 8.94. The number of rotatable bonds is 5. The average Bonchev–Trinajstić information content (AvgIpc) is 3.37. The van der Waals surface area contributed by atoms with Gasteiger partial charge < -0.3 is 27.0 Å². The molecule has 8 heteroatoms. The molecule has 2 amide bonds. The molecule has 1 N–H and O–H groups in total. The number of nitrogens with one attached hydrogen (secondary N) is 1. The van der Waals surface area contributed by atoms with Crippen molar-refractivity contribution in [2.75, 3.05) is 17.3 Å². The third kappa shape index (κ3) is 3.90. The Morgan fingerprint density at radius 2 is 1.62 bits per heavy atom. The first-order chi connectivity index (χ1) is 15.1. The van der Waals surface area contributed by atoms with E-state index >= 15 is 0 Å². The number of ether oxygens (including phenoxy) is 1. The lowest BCUT2D eigenvalue weighted by Crippen LogP contribution is -3.00. The first-order valence-corrected chi connectivity index (χ1v) is 10.5. The molecule has 0 unspecified atom stereocenters. The van der Waals surface area contributed by atoms with Crippen molar-refractivity contribution in [2.24, 2.45) is 0 Å². The number of hydrogen-bond acceptors (Lipinski definition) is 6. The summed E-state index contributed by atoms with van der Waals surface area (Å²) in [7, 11) is 1.63. The van der Waals surface area contributed by atoms with Crippen molar-refractivity contribution >= 4 is 39.7 Å². The van der Waals surface area contributed by atoms with Gasteiger partial charge in [-0.25, -0.2) is 9.88 Å². The molecule has 32 heavy (non-hydrogen) atoms. The van der Waals surface area contributed by atoms with Crippen molar-refractivity contribution in [3.05, 3.63) is 89.3 Å². The number of imide groups is 1. The number of carbonyl (C=O) groups excluding carboxylic acids is 2. The van der Waals surface area contributed by atoms with Gasteiger partial charge in [0.1, 0.15) is 5.75 Å². The number of halogens is 1. The van der Waals surface area contributed by atoms with Crippen LogP contribution in [0.2, 0.25) is 0 Å². The first-order valence-electron chi connectivity index (χ1n) is 9.59. The predicted octanol–water partition coefficient (Wildman–Crippen LogP) is 2.37. The Bertz CT molecular complexity index is 1290. The molecule has 0 saturated carbocycles. The minimum atomic E-state index is -0.309. The maximum Gasteiger partial charge on any atom is 0.266 e. The summed E-state index contributed by atoms with van der Waals surface area (Å²) in [5, 5.41) is 5.94. The molecule has 3 aromatic carbocycles. The number of nitrogens with zero attached hydrogens (tertiary/aromatic N) is 2. The van der Waals surface area contributed by atoms with E-state index in [0.717, 1.165) is 27.8 Å². The van der Waals surface area contributed by atoms with Crippen molar-refractivity contribution in [1.82, 2.24) is 4.98 Å². The minimum Gasteiger partial charge on any atom is -1.00 e. The average molecular weight is 507 g/mol. The zero-order valence-electron chi connectivity index (χ0n) is 16.9. The summed E-state index contributed by atoms with van der Waals surface area (Å²) in [5.74, 6) is 0.142. The van der Waals surface area contributed by atoms with E-state index < -0.39 is 0 Å². The van der Waals surface area contributed by atoms with Crippen molar-refractivity contribution in [3.8, 4) is 17.0 Å². The lowest BCUT2D eigenvalue weighted by Gasteiger charge is -2.14. The number of aromatic nitrogens is 1. The highest BCUT2D eigenvalue weighted by Crippen LogP contribution is 2.33. The van der Waals surface area contributed by atoms with Gasteiger partial charge in [0.15, 0.2) is 5.13 Å². The Balaban J connectivity index is 0.00000245. The highest BCUT2D eigenvalue weighted by atomic mass is 79.9. The van der Waals surface area contributed by atoms with Gasteiger partial charge in [0, 0.05) is 22.7 Å². The fourth-order valence-electron chi connectivity index (χ4n) is 3.52. The Morgan fingerprint density at radius 3 is 2.34 bits per heavy atom. The molecule has 1 aliphatic heterocycles. The minimum absolute atomic E-state index is 0. The van der Waals surface area contributed by atoms with E-state index in [2.05, 4.69) is 10.3 Å². The van der Waals surface area contributed by atoms with Gasteiger partial charge in [-0.15, -0.1) is 11.3 Å². The summed E-state index contributed by atoms with van der Waals surface area (Å²) in [6.07, 6.45) is 0. The topological polar surface area (TPSA) is 71.5 Å². The fraction of sp³-hybridized carbons (Fsp3) is 0.0417. The van der Waals surface area contributed by atoms with Gasteiger partial charge >= 0.3 is 0 Å². The number of amides is 2. The number of fused-ring (bicyclic) bond motifs is 1. The molecule has 160 valence electrons. The molecule has 4 aromatic rings. The first kappa shape index (κ1) is 21.7. The van der Waals surface area contributed by atoms with Gasteiger partial charge in [-0.1, -0.05) is 30.3 Å². The standard InChI is InChI=1S/C24H17N3O3S.BrH/c1-30-18-9-5-7-16(13-18)25-24-26-21(14-31-24)15-6-4-8-17(12-15)27-22(28)19-10-2-3-11-20(19)23(27)29;/h2-14H,1H3,(H,25,26);1H/p-1. The molecule has 2 heterocycles. The summed E-state index contributed by atoms with van der Waals surface area (Å²) in [5.41, 5.74) is 3.84. The molecule has 0 radical (unpaired) electrons. The lowest BCUT2D eigenvalue weighted by molar-refractivity contribution is -0.0000229. The summed E-state index contributed by atoms with van der Waals surface area (Å²) >= 11 is 1.47. The summed E-state index contributed by atoms with van der Waals surface area (Å²) in [6.45, 7) is 0. The SMILES string of the molecule is COc1cccc(Nc2nc(-c3cccc(N4C(=O)c5ccccc5C4=O)c3)cs2)c1.[Br-]. The van der Waals surface area contributed by atoms with Crippen LogP contribution in [0.25, 0.3) is 11.3 Å². The summed E-state index contributed by atoms with van der Waals surface area (Å²) < 4.78 is 5.25. The second-order valence-corrected chi connectivity index (χ2v) is 7.79. The fourth-order valence-corrected chi connectivity index (χ4v) is 4.26. The predicted molar refractivity (Wildman–Crippen MR) is 121 cm³/mol. The van der Waals surface area contributed by atoms with E-state index in [1.54, 1.807) is 37.4 Å². The Kier molecular flexibility index (Phi) is 6.07. The molecular formula is C24H17BrN3O3S-. The van der Waals surface area contributed by atoms with Crippen LogP contribution in [0.5, 0.6) is 5.75 Å². The second-order valence-electron chi connectivity index (χ2n) is 6.94. The van der Waals surface area contributed by atoms with Gasteiger partial charge in [0.2, 0.25) is 0 Å².